The summed E-state index contributed by atoms with van der Waals surface area (Å²) in [7, 11) is 1.50. The van der Waals surface area contributed by atoms with E-state index in [2.05, 4.69) is 10.1 Å². The maximum Gasteiger partial charge on any atom is 0.339 e. The zero-order valence-corrected chi connectivity index (χ0v) is 21.8. The summed E-state index contributed by atoms with van der Waals surface area (Å²) in [5, 5.41) is 23.1. The number of carbonyl (C=O) groups excluding carboxylic acids is 2. The van der Waals surface area contributed by atoms with Crippen molar-refractivity contribution in [3.05, 3.63) is 50.5 Å². The Bertz CT molecular complexity index is 1560. The van der Waals surface area contributed by atoms with Gasteiger partial charge >= 0.3 is 11.9 Å². The van der Waals surface area contributed by atoms with Crippen molar-refractivity contribution < 1.29 is 33.4 Å². The number of halogens is 3. The van der Waals surface area contributed by atoms with E-state index in [1.807, 2.05) is 6.07 Å². The zero-order valence-electron chi connectivity index (χ0n) is 20.3. The van der Waals surface area contributed by atoms with E-state index in [0.717, 1.165) is 19.8 Å². The van der Waals surface area contributed by atoms with Crippen LogP contribution in [0.5, 0.6) is 5.75 Å². The zero-order chi connectivity index (χ0) is 27.9. The fourth-order valence-electron chi connectivity index (χ4n) is 3.99. The van der Waals surface area contributed by atoms with Crippen LogP contribution in [0.1, 0.15) is 51.6 Å². The third kappa shape index (κ3) is 4.92. The van der Waals surface area contributed by atoms with Gasteiger partial charge in [0.1, 0.15) is 28.1 Å². The number of pyridine rings is 1. The van der Waals surface area contributed by atoms with Gasteiger partial charge < -0.3 is 14.6 Å². The van der Waals surface area contributed by atoms with E-state index in [4.69, 9.17) is 32.7 Å². The molecule has 10 nitrogen and oxygen atoms in total. The minimum absolute atomic E-state index is 0.00204. The minimum Gasteiger partial charge on any atom is -0.489 e. The third-order valence-electron chi connectivity index (χ3n) is 5.84. The van der Waals surface area contributed by atoms with Crippen LogP contribution in [0.4, 0.5) is 4.39 Å². The number of carboxylic acid groups (broad SMARTS) is 1. The summed E-state index contributed by atoms with van der Waals surface area (Å²) >= 11 is 12.4. The Labute approximate surface area is 225 Å². The molecule has 196 valence electrons. The molecule has 2 heterocycles. The lowest BCUT2D eigenvalue weighted by Gasteiger charge is -2.17. The molecule has 2 aromatic heterocycles. The van der Waals surface area contributed by atoms with Gasteiger partial charge in [0.05, 0.1) is 34.3 Å². The van der Waals surface area contributed by atoms with Gasteiger partial charge in [0.15, 0.2) is 12.4 Å². The molecule has 1 aliphatic rings. The van der Waals surface area contributed by atoms with Gasteiger partial charge in [-0.15, -0.1) is 0 Å². The molecule has 0 amide bonds. The van der Waals surface area contributed by atoms with Crippen molar-refractivity contribution in [2.45, 2.75) is 32.8 Å². The van der Waals surface area contributed by atoms with Crippen molar-refractivity contribution in [1.82, 2.24) is 14.8 Å². The van der Waals surface area contributed by atoms with Crippen LogP contribution in [0.2, 0.25) is 10.2 Å². The lowest BCUT2D eigenvalue weighted by Crippen LogP contribution is -2.19. The molecular formula is C25H19Cl2FN4O6. The number of ether oxygens (including phenoxy) is 2. The number of ketones is 1. The highest BCUT2D eigenvalue weighted by molar-refractivity contribution is 6.34. The summed E-state index contributed by atoms with van der Waals surface area (Å²) in [4.78, 5) is 40.3. The molecular weight excluding hydrogens is 542 g/mol. The molecule has 0 spiro atoms. The molecule has 13 heteroatoms. The summed E-state index contributed by atoms with van der Waals surface area (Å²) in [6, 6.07) is 3.21. The number of carbonyl (C=O) groups is 3. The van der Waals surface area contributed by atoms with Crippen LogP contribution in [0.15, 0.2) is 12.3 Å². The summed E-state index contributed by atoms with van der Waals surface area (Å²) in [6.07, 6.45) is 2.77. The highest BCUT2D eigenvalue weighted by atomic mass is 35.5. The van der Waals surface area contributed by atoms with E-state index < -0.39 is 40.9 Å². The van der Waals surface area contributed by atoms with Crippen molar-refractivity contribution in [3.8, 4) is 34.3 Å². The lowest BCUT2D eigenvalue weighted by atomic mass is 9.93. The number of hydrogen-bond donors (Lipinski definition) is 1. The summed E-state index contributed by atoms with van der Waals surface area (Å²) < 4.78 is 27.4. The second-order valence-electron chi connectivity index (χ2n) is 8.51. The Balaban J connectivity index is 1.99. The smallest absolute Gasteiger partial charge is 0.339 e. The number of nitriles is 1. The summed E-state index contributed by atoms with van der Waals surface area (Å²) in [5.74, 6) is -3.91. The van der Waals surface area contributed by atoms with E-state index in [-0.39, 0.29) is 56.1 Å². The molecule has 4 rings (SSSR count). The predicted molar refractivity (Wildman–Crippen MR) is 133 cm³/mol. The van der Waals surface area contributed by atoms with Crippen molar-refractivity contribution in [1.29, 1.82) is 5.26 Å². The van der Waals surface area contributed by atoms with Crippen molar-refractivity contribution in [2.75, 3.05) is 6.61 Å². The number of Topliss-reactive ketones (excluding diaryl/α,β-unsaturated/α-hetero) is 1. The molecule has 0 aliphatic heterocycles. The van der Waals surface area contributed by atoms with Gasteiger partial charge in [-0.25, -0.2) is 14.2 Å². The normalized spacial score (nSPS) is 12.7. The fraction of sp³-hybridized carbons (Fsp3) is 0.280. The first-order valence-electron chi connectivity index (χ1n) is 11.2. The molecule has 0 radical (unpaired) electrons. The molecule has 1 aliphatic carbocycles. The minimum atomic E-state index is -1.52. The van der Waals surface area contributed by atoms with Crippen LogP contribution in [0.3, 0.4) is 0 Å². The number of aromatic nitrogens is 3. The maximum atomic E-state index is 15.5. The molecule has 0 atom stereocenters. The Morgan fingerprint density at radius 2 is 1.97 bits per heavy atom. The van der Waals surface area contributed by atoms with Gasteiger partial charge in [0, 0.05) is 31.2 Å². The maximum absolute atomic E-state index is 15.5. The van der Waals surface area contributed by atoms with Gasteiger partial charge in [-0.05, 0) is 25.3 Å². The second kappa shape index (κ2) is 10.4. The Morgan fingerprint density at radius 3 is 2.55 bits per heavy atom. The van der Waals surface area contributed by atoms with E-state index in [0.29, 0.717) is 0 Å². The first-order chi connectivity index (χ1) is 18.0. The number of esters is 1. The standard InChI is InChI=1S/C25H19Cl2FN4O6/c1-10-18(16(34)9-37-11(2)33)20(25(35)36)24(27)31-22(10)14-8-30-32(3)23(14)19-13(7-29)17(38-12-4-5-12)6-15(26)21(19)28/h6,8,12H,4-5,9H2,1-3H3,(H,35,36). The van der Waals surface area contributed by atoms with Gasteiger partial charge in [-0.1, -0.05) is 23.2 Å². The quantitative estimate of drug-likeness (QED) is 0.234. The van der Waals surface area contributed by atoms with Gasteiger partial charge in [-0.3, -0.25) is 14.3 Å². The van der Waals surface area contributed by atoms with Crippen LogP contribution < -0.4 is 4.74 Å². The third-order valence-corrected chi connectivity index (χ3v) is 6.39. The number of benzene rings is 1. The summed E-state index contributed by atoms with van der Waals surface area (Å²) in [6.45, 7) is 1.78. The average molecular weight is 561 g/mol. The fourth-order valence-corrected chi connectivity index (χ4v) is 4.45. The number of aromatic carboxylic acids is 1. The molecule has 0 unspecified atom stereocenters. The molecule has 1 N–H and O–H groups in total. The van der Waals surface area contributed by atoms with Crippen molar-refractivity contribution in [3.63, 3.8) is 0 Å². The van der Waals surface area contributed by atoms with Crippen LogP contribution in [-0.2, 0) is 16.6 Å². The number of nitrogens with zero attached hydrogens (tertiary/aromatic N) is 4. The first-order valence-corrected chi connectivity index (χ1v) is 11.9. The van der Waals surface area contributed by atoms with E-state index in [1.54, 1.807) is 0 Å². The lowest BCUT2D eigenvalue weighted by molar-refractivity contribution is -0.139. The molecule has 0 saturated heterocycles. The molecule has 1 fully saturated rings. The highest BCUT2D eigenvalue weighted by Gasteiger charge is 2.32. The molecule has 3 aromatic rings. The number of carboxylic acids is 1. The monoisotopic (exact) mass is 560 g/mol. The Hall–Kier alpha value is -4.01. The molecule has 1 saturated carbocycles. The van der Waals surface area contributed by atoms with Crippen molar-refractivity contribution in [2.24, 2.45) is 7.05 Å². The van der Waals surface area contributed by atoms with Gasteiger partial charge in [-0.2, -0.15) is 10.4 Å². The molecule has 1 aromatic carbocycles. The summed E-state index contributed by atoms with van der Waals surface area (Å²) in [5.41, 5.74) is -0.985. The first kappa shape index (κ1) is 27.0. The van der Waals surface area contributed by atoms with E-state index in [9.17, 15) is 24.8 Å². The number of aryl methyl sites for hydroxylation is 1. The molecule has 38 heavy (non-hydrogen) atoms. The Morgan fingerprint density at radius 1 is 1.29 bits per heavy atom. The van der Waals surface area contributed by atoms with Crippen LogP contribution in [0.25, 0.3) is 22.5 Å². The number of rotatable bonds is 8. The van der Waals surface area contributed by atoms with Gasteiger partial charge in [0.25, 0.3) is 0 Å². The second-order valence-corrected chi connectivity index (χ2v) is 9.28. The SMILES string of the molecule is CC(=O)OCC(=O)c1c(C)c(-c2cnn(C)c2-c2c(F)c(Cl)cc(OC3CC3)c2C#N)nc(Cl)c1C(=O)O. The largest absolute Gasteiger partial charge is 0.489 e. The highest BCUT2D eigenvalue weighted by Crippen LogP contribution is 2.43. The van der Waals surface area contributed by atoms with Crippen molar-refractivity contribution >= 4 is 40.9 Å². The Kier molecular flexibility index (Phi) is 7.40. The molecule has 0 bridgehead atoms. The van der Waals surface area contributed by atoms with Crippen LogP contribution in [0, 0.1) is 24.1 Å². The van der Waals surface area contributed by atoms with Gasteiger partial charge in [0.2, 0.25) is 5.78 Å². The van der Waals surface area contributed by atoms with E-state index >= 15 is 4.39 Å². The topological polar surface area (TPSA) is 144 Å². The number of hydrogen-bond acceptors (Lipinski definition) is 8. The predicted octanol–water partition coefficient (Wildman–Crippen LogP) is 4.76. The van der Waals surface area contributed by atoms with Crippen LogP contribution in [-0.4, -0.2) is 50.3 Å². The van der Waals surface area contributed by atoms with Crippen LogP contribution >= 0.6 is 23.2 Å². The average Bonchev–Trinajstić information content (AvgIpc) is 3.59. The van der Waals surface area contributed by atoms with E-state index in [1.165, 1.54) is 30.9 Å².